The quantitative estimate of drug-likeness (QED) is 0.829. The van der Waals surface area contributed by atoms with Gasteiger partial charge in [0.05, 0.1) is 16.9 Å². The van der Waals surface area contributed by atoms with Crippen LogP contribution < -0.4 is 0 Å². The molecule has 2 aromatic rings. The molecule has 3 rings (SSSR count). The fraction of sp³-hybridized carbons (Fsp3) is 0.222. The van der Waals surface area contributed by atoms with Crippen molar-refractivity contribution >= 4 is 29.5 Å². The number of hydrogen-bond acceptors (Lipinski definition) is 5. The summed E-state index contributed by atoms with van der Waals surface area (Å²) < 4.78 is 0. The van der Waals surface area contributed by atoms with Gasteiger partial charge in [-0.15, -0.1) is 0 Å². The minimum atomic E-state index is -1.11. The van der Waals surface area contributed by atoms with Crippen molar-refractivity contribution in [2.75, 3.05) is 0 Å². The van der Waals surface area contributed by atoms with Crippen LogP contribution in [-0.2, 0) is 9.59 Å². The number of likely N-dealkylation sites (tertiary alicyclic amines) is 1. The number of hydrogen-bond donors (Lipinski definition) is 1. The van der Waals surface area contributed by atoms with Gasteiger partial charge in [-0.25, -0.2) is 9.78 Å². The van der Waals surface area contributed by atoms with Crippen LogP contribution in [0.5, 0.6) is 0 Å². The van der Waals surface area contributed by atoms with Crippen molar-refractivity contribution < 1.29 is 19.5 Å². The summed E-state index contributed by atoms with van der Waals surface area (Å²) in [5.74, 6) is -1.68. The van der Waals surface area contributed by atoms with E-state index in [0.29, 0.717) is 0 Å². The molecule has 1 N–H and O–H groups in total. The molecular formula is C18H16N2O4S. The van der Waals surface area contributed by atoms with E-state index >= 15 is 0 Å². The van der Waals surface area contributed by atoms with Crippen molar-refractivity contribution in [2.24, 2.45) is 0 Å². The molecule has 1 saturated heterocycles. The molecule has 1 aromatic carbocycles. The zero-order valence-corrected chi connectivity index (χ0v) is 14.3. The number of carboxylic acid groups (broad SMARTS) is 1. The van der Waals surface area contributed by atoms with E-state index in [2.05, 4.69) is 4.98 Å². The van der Waals surface area contributed by atoms with Crippen LogP contribution in [0.4, 0.5) is 0 Å². The predicted molar refractivity (Wildman–Crippen MR) is 92.2 cm³/mol. The first kappa shape index (κ1) is 17.2. The van der Waals surface area contributed by atoms with Gasteiger partial charge in [0, 0.05) is 12.6 Å². The van der Waals surface area contributed by atoms with E-state index in [1.54, 1.807) is 0 Å². The average Bonchev–Trinajstić information content (AvgIpc) is 2.89. The van der Waals surface area contributed by atoms with Gasteiger partial charge in [-0.05, 0) is 24.6 Å². The lowest BCUT2D eigenvalue weighted by Crippen LogP contribution is -2.33. The van der Waals surface area contributed by atoms with Crippen molar-refractivity contribution in [2.45, 2.75) is 29.7 Å². The van der Waals surface area contributed by atoms with Crippen LogP contribution in [0.3, 0.4) is 0 Å². The molecule has 1 aromatic heterocycles. The number of pyridine rings is 1. The highest BCUT2D eigenvalue weighted by molar-refractivity contribution is 8.00. The highest BCUT2D eigenvalue weighted by Gasteiger charge is 2.42. The van der Waals surface area contributed by atoms with Gasteiger partial charge in [-0.3, -0.25) is 14.5 Å². The molecule has 128 valence electrons. The van der Waals surface area contributed by atoms with Gasteiger partial charge >= 0.3 is 5.97 Å². The molecule has 2 atom stereocenters. The minimum absolute atomic E-state index is 0.0299. The SMILES string of the molecule is C[C@@H](c1ccccc1)N1C(=O)C[C@H](Sc2ncccc2C(=O)O)C1=O. The van der Waals surface area contributed by atoms with Gasteiger partial charge in [0.15, 0.2) is 0 Å². The second-order valence-corrected chi connectivity index (χ2v) is 6.85. The number of carbonyl (C=O) groups is 3. The van der Waals surface area contributed by atoms with E-state index in [1.807, 2.05) is 37.3 Å². The monoisotopic (exact) mass is 356 g/mol. The Morgan fingerprint density at radius 2 is 1.96 bits per heavy atom. The molecule has 2 heterocycles. The first-order valence-corrected chi connectivity index (χ1v) is 8.63. The molecule has 0 spiro atoms. The van der Waals surface area contributed by atoms with Crippen LogP contribution in [0, 0.1) is 0 Å². The third kappa shape index (κ3) is 3.41. The third-order valence-corrected chi connectivity index (χ3v) is 5.27. The molecule has 25 heavy (non-hydrogen) atoms. The topological polar surface area (TPSA) is 87.6 Å². The molecule has 0 bridgehead atoms. The van der Waals surface area contributed by atoms with Gasteiger partial charge in [-0.1, -0.05) is 42.1 Å². The molecule has 0 aliphatic carbocycles. The fourth-order valence-electron chi connectivity index (χ4n) is 2.78. The van der Waals surface area contributed by atoms with Crippen LogP contribution in [-0.4, -0.2) is 38.0 Å². The van der Waals surface area contributed by atoms with Gasteiger partial charge < -0.3 is 5.11 Å². The number of amides is 2. The summed E-state index contributed by atoms with van der Waals surface area (Å²) in [6.45, 7) is 1.81. The molecular weight excluding hydrogens is 340 g/mol. The summed E-state index contributed by atoms with van der Waals surface area (Å²) in [7, 11) is 0. The number of carboxylic acids is 1. The average molecular weight is 356 g/mol. The largest absolute Gasteiger partial charge is 0.478 e. The molecule has 0 radical (unpaired) electrons. The number of thioether (sulfide) groups is 1. The Labute approximate surface area is 148 Å². The first-order valence-electron chi connectivity index (χ1n) is 7.75. The Morgan fingerprint density at radius 3 is 2.64 bits per heavy atom. The van der Waals surface area contributed by atoms with E-state index in [-0.39, 0.29) is 34.9 Å². The normalized spacial score (nSPS) is 18.4. The minimum Gasteiger partial charge on any atom is -0.478 e. The second kappa shape index (κ2) is 7.06. The van der Waals surface area contributed by atoms with Gasteiger partial charge in [0.25, 0.3) is 0 Å². The lowest BCUT2D eigenvalue weighted by molar-refractivity contribution is -0.140. The third-order valence-electron chi connectivity index (χ3n) is 4.07. The zero-order valence-electron chi connectivity index (χ0n) is 13.5. The molecule has 1 aliphatic heterocycles. The summed E-state index contributed by atoms with van der Waals surface area (Å²) in [4.78, 5) is 41.7. The van der Waals surface area contributed by atoms with Crippen LogP contribution in [0.1, 0.15) is 35.3 Å². The second-order valence-electron chi connectivity index (χ2n) is 5.66. The molecule has 7 heteroatoms. The summed E-state index contributed by atoms with van der Waals surface area (Å²) in [6, 6.07) is 11.9. The van der Waals surface area contributed by atoms with Crippen molar-refractivity contribution in [1.82, 2.24) is 9.88 Å². The van der Waals surface area contributed by atoms with E-state index < -0.39 is 11.2 Å². The Bertz CT molecular complexity index is 825. The van der Waals surface area contributed by atoms with Gasteiger partial charge in [0.1, 0.15) is 5.03 Å². The summed E-state index contributed by atoms with van der Waals surface area (Å²) in [6.07, 6.45) is 1.51. The maximum atomic E-state index is 12.7. The van der Waals surface area contributed by atoms with Crippen LogP contribution in [0.2, 0.25) is 0 Å². The van der Waals surface area contributed by atoms with Crippen molar-refractivity contribution in [3.05, 3.63) is 59.8 Å². The number of aromatic nitrogens is 1. The smallest absolute Gasteiger partial charge is 0.338 e. The van der Waals surface area contributed by atoms with E-state index in [1.165, 1.54) is 23.2 Å². The lowest BCUT2D eigenvalue weighted by Gasteiger charge is -2.23. The Hall–Kier alpha value is -2.67. The van der Waals surface area contributed by atoms with Gasteiger partial charge in [-0.2, -0.15) is 0 Å². The maximum Gasteiger partial charge on any atom is 0.338 e. The lowest BCUT2D eigenvalue weighted by atomic mass is 10.1. The van der Waals surface area contributed by atoms with Crippen LogP contribution >= 0.6 is 11.8 Å². The number of rotatable bonds is 5. The standard InChI is InChI=1S/C18H16N2O4S/c1-11(12-6-3-2-4-7-12)20-15(21)10-14(17(20)22)25-16-13(18(23)24)8-5-9-19-16/h2-9,11,14H,10H2,1H3,(H,23,24)/t11-,14-/m0/s1. The van der Waals surface area contributed by atoms with Crippen LogP contribution in [0.15, 0.2) is 53.7 Å². The Kier molecular flexibility index (Phi) is 4.85. The number of carbonyl (C=O) groups excluding carboxylic acids is 2. The molecule has 2 amide bonds. The fourth-order valence-corrected chi connectivity index (χ4v) is 3.90. The van der Waals surface area contributed by atoms with Crippen molar-refractivity contribution in [3.8, 4) is 0 Å². The first-order chi connectivity index (χ1) is 12.0. The molecule has 1 aliphatic rings. The van der Waals surface area contributed by atoms with E-state index in [0.717, 1.165) is 17.3 Å². The predicted octanol–water partition coefficient (Wildman–Crippen LogP) is 2.76. The highest BCUT2D eigenvalue weighted by atomic mass is 32.2. The summed E-state index contributed by atoms with van der Waals surface area (Å²) in [5, 5.41) is 8.82. The zero-order chi connectivity index (χ0) is 18.0. The number of imide groups is 1. The highest BCUT2D eigenvalue weighted by Crippen LogP contribution is 2.35. The maximum absolute atomic E-state index is 12.7. The van der Waals surface area contributed by atoms with E-state index in [4.69, 9.17) is 0 Å². The Balaban J connectivity index is 1.81. The molecule has 6 nitrogen and oxygen atoms in total. The molecule has 0 unspecified atom stereocenters. The van der Waals surface area contributed by atoms with Crippen molar-refractivity contribution in [1.29, 1.82) is 0 Å². The number of nitrogens with zero attached hydrogens (tertiary/aromatic N) is 2. The molecule has 1 fully saturated rings. The number of benzene rings is 1. The van der Waals surface area contributed by atoms with Gasteiger partial charge in [0.2, 0.25) is 11.8 Å². The molecule has 0 saturated carbocycles. The Morgan fingerprint density at radius 1 is 1.24 bits per heavy atom. The van der Waals surface area contributed by atoms with Crippen molar-refractivity contribution in [3.63, 3.8) is 0 Å². The van der Waals surface area contributed by atoms with E-state index in [9.17, 15) is 19.5 Å². The summed E-state index contributed by atoms with van der Waals surface area (Å²) in [5.41, 5.74) is 0.904. The number of aromatic carboxylic acids is 1. The summed E-state index contributed by atoms with van der Waals surface area (Å²) >= 11 is 1.03. The van der Waals surface area contributed by atoms with Crippen LogP contribution in [0.25, 0.3) is 0 Å².